The molecule has 0 atom stereocenters. The van der Waals surface area contributed by atoms with Crippen LogP contribution in [0.2, 0.25) is 0 Å². The quantitative estimate of drug-likeness (QED) is 0.548. The van der Waals surface area contributed by atoms with Crippen molar-refractivity contribution in [2.45, 2.75) is 10.8 Å². The number of hydrogen-bond donors (Lipinski definition) is 0. The van der Waals surface area contributed by atoms with Crippen molar-refractivity contribution in [3.05, 3.63) is 27.5 Å². The van der Waals surface area contributed by atoms with Crippen molar-refractivity contribution in [2.75, 3.05) is 6.26 Å². The third kappa shape index (κ3) is 1.71. The van der Waals surface area contributed by atoms with Crippen LogP contribution in [0.25, 0.3) is 10.1 Å². The number of fused-ring (bicyclic) bond motifs is 1. The van der Waals surface area contributed by atoms with Crippen LogP contribution in [0, 0.1) is 0 Å². The van der Waals surface area contributed by atoms with E-state index < -0.39 is 0 Å². The molecule has 0 N–H and O–H groups in total. The molecule has 0 saturated heterocycles. The number of benzene rings is 1. The predicted octanol–water partition coefficient (Wildman–Crippen LogP) is 5.12. The van der Waals surface area contributed by atoms with Gasteiger partial charge in [-0.05, 0) is 50.6 Å². The van der Waals surface area contributed by atoms with Gasteiger partial charge in [0.1, 0.15) is 0 Å². The minimum absolute atomic E-state index is 0.577. The van der Waals surface area contributed by atoms with E-state index in [4.69, 9.17) is 11.6 Å². The summed E-state index contributed by atoms with van der Waals surface area (Å²) in [4.78, 5) is 1.26. The first-order valence-electron chi connectivity index (χ1n) is 4.06. The molecule has 0 aliphatic rings. The molecule has 2 aromatic rings. The largest absolute Gasteiger partial charge is 0.143 e. The Labute approximate surface area is 105 Å². The molecule has 1 aromatic carbocycles. The highest BCUT2D eigenvalue weighted by Crippen LogP contribution is 2.38. The third-order valence-corrected chi connectivity index (χ3v) is 5.43. The number of alkyl halides is 1. The molecule has 2 rings (SSSR count). The third-order valence-electron chi connectivity index (χ3n) is 2.10. The van der Waals surface area contributed by atoms with Gasteiger partial charge in [-0.1, -0.05) is 0 Å². The topological polar surface area (TPSA) is 0 Å². The second-order valence-corrected chi connectivity index (χ2v) is 5.67. The van der Waals surface area contributed by atoms with Crippen molar-refractivity contribution in [2.24, 2.45) is 0 Å². The van der Waals surface area contributed by atoms with Gasteiger partial charge in [0.25, 0.3) is 0 Å². The average molecular weight is 308 g/mol. The van der Waals surface area contributed by atoms with Gasteiger partial charge in [-0.25, -0.2) is 0 Å². The molecule has 0 bridgehead atoms. The van der Waals surface area contributed by atoms with E-state index in [2.05, 4.69) is 39.7 Å². The van der Waals surface area contributed by atoms with Crippen molar-refractivity contribution in [3.8, 4) is 0 Å². The molecule has 0 amide bonds. The molecule has 0 saturated carbocycles. The average Bonchev–Trinajstić information content (AvgIpc) is 2.68. The number of thioether (sulfide) groups is 1. The van der Waals surface area contributed by atoms with E-state index in [1.165, 1.54) is 25.0 Å². The summed E-state index contributed by atoms with van der Waals surface area (Å²) in [5.41, 5.74) is 1.22. The summed E-state index contributed by atoms with van der Waals surface area (Å²) < 4.78 is 2.50. The van der Waals surface area contributed by atoms with Gasteiger partial charge in [0.05, 0.1) is 0 Å². The molecule has 0 radical (unpaired) electrons. The van der Waals surface area contributed by atoms with Gasteiger partial charge in [-0.3, -0.25) is 0 Å². The molecular weight excluding hydrogens is 300 g/mol. The van der Waals surface area contributed by atoms with E-state index in [1.807, 2.05) is 0 Å². The molecular formula is C10H8BrClS2. The number of thiophene rings is 1. The summed E-state index contributed by atoms with van der Waals surface area (Å²) in [6.07, 6.45) is 2.08. The lowest BCUT2D eigenvalue weighted by atomic mass is 10.1. The lowest BCUT2D eigenvalue weighted by Crippen LogP contribution is -1.82. The highest BCUT2D eigenvalue weighted by Gasteiger charge is 2.09. The maximum Gasteiger partial charge on any atom is 0.0499 e. The van der Waals surface area contributed by atoms with Crippen LogP contribution >= 0.6 is 50.6 Å². The Morgan fingerprint density at radius 2 is 2.36 bits per heavy atom. The van der Waals surface area contributed by atoms with Gasteiger partial charge in [-0.2, -0.15) is 0 Å². The molecule has 0 nitrogen and oxygen atoms in total. The first kappa shape index (κ1) is 10.8. The Bertz CT molecular complexity index is 464. The fourth-order valence-electron chi connectivity index (χ4n) is 1.40. The van der Waals surface area contributed by atoms with Gasteiger partial charge < -0.3 is 0 Å². The van der Waals surface area contributed by atoms with Crippen LogP contribution in [0.1, 0.15) is 5.56 Å². The lowest BCUT2D eigenvalue weighted by Gasteiger charge is -2.06. The molecule has 1 aromatic heterocycles. The van der Waals surface area contributed by atoms with E-state index in [0.717, 1.165) is 0 Å². The Balaban J connectivity index is 2.80. The standard InChI is InChI=1S/C10H8BrClS2/c1-13-8-4-6(5-12)7-2-3-14-10(7)9(8)11/h2-4H,5H2,1H3. The number of hydrogen-bond acceptors (Lipinski definition) is 2. The summed E-state index contributed by atoms with van der Waals surface area (Å²) in [6.45, 7) is 0. The van der Waals surface area contributed by atoms with Crippen LogP contribution in [0.5, 0.6) is 0 Å². The van der Waals surface area contributed by atoms with Gasteiger partial charge in [0.2, 0.25) is 0 Å². The highest BCUT2D eigenvalue weighted by molar-refractivity contribution is 9.10. The van der Waals surface area contributed by atoms with Crippen molar-refractivity contribution in [1.29, 1.82) is 0 Å². The van der Waals surface area contributed by atoms with E-state index in [9.17, 15) is 0 Å². The molecule has 0 unspecified atom stereocenters. The Morgan fingerprint density at radius 1 is 1.57 bits per heavy atom. The van der Waals surface area contributed by atoms with Crippen molar-refractivity contribution < 1.29 is 0 Å². The zero-order chi connectivity index (χ0) is 10.1. The van der Waals surface area contributed by atoms with Crippen LogP contribution in [0.3, 0.4) is 0 Å². The smallest absolute Gasteiger partial charge is 0.0499 e. The normalized spacial score (nSPS) is 11.1. The second-order valence-electron chi connectivity index (χ2n) is 2.85. The summed E-state index contributed by atoms with van der Waals surface area (Å²) in [7, 11) is 0. The minimum atomic E-state index is 0.577. The van der Waals surface area contributed by atoms with Crippen molar-refractivity contribution in [1.82, 2.24) is 0 Å². The lowest BCUT2D eigenvalue weighted by molar-refractivity contribution is 1.36. The van der Waals surface area contributed by atoms with Gasteiger partial charge in [-0.15, -0.1) is 34.7 Å². The molecule has 74 valence electrons. The zero-order valence-corrected chi connectivity index (χ0v) is 11.5. The Morgan fingerprint density at radius 3 is 3.00 bits per heavy atom. The maximum absolute atomic E-state index is 5.92. The van der Waals surface area contributed by atoms with Crippen LogP contribution in [0.15, 0.2) is 26.9 Å². The molecule has 0 fully saturated rings. The van der Waals surface area contributed by atoms with Crippen LogP contribution in [0.4, 0.5) is 0 Å². The Hall–Kier alpha value is 0.300. The molecule has 14 heavy (non-hydrogen) atoms. The summed E-state index contributed by atoms with van der Waals surface area (Å²) in [6, 6.07) is 4.30. The highest BCUT2D eigenvalue weighted by atomic mass is 79.9. The van der Waals surface area contributed by atoms with E-state index >= 15 is 0 Å². The van der Waals surface area contributed by atoms with E-state index in [0.29, 0.717) is 5.88 Å². The Kier molecular flexibility index (Phi) is 3.42. The molecule has 0 aliphatic heterocycles. The van der Waals surface area contributed by atoms with E-state index in [-0.39, 0.29) is 0 Å². The first-order valence-corrected chi connectivity index (χ1v) is 7.49. The van der Waals surface area contributed by atoms with Gasteiger partial charge in [0, 0.05) is 19.9 Å². The summed E-state index contributed by atoms with van der Waals surface area (Å²) in [5, 5.41) is 3.38. The van der Waals surface area contributed by atoms with Crippen molar-refractivity contribution in [3.63, 3.8) is 0 Å². The summed E-state index contributed by atoms with van der Waals surface area (Å²) >= 11 is 13.1. The monoisotopic (exact) mass is 306 g/mol. The second kappa shape index (κ2) is 4.44. The first-order chi connectivity index (χ1) is 6.77. The molecule has 1 heterocycles. The number of halogens is 2. The molecule has 0 spiro atoms. The maximum atomic E-state index is 5.92. The predicted molar refractivity (Wildman–Crippen MR) is 70.9 cm³/mol. The minimum Gasteiger partial charge on any atom is -0.143 e. The van der Waals surface area contributed by atoms with Gasteiger partial charge in [0.15, 0.2) is 0 Å². The fourth-order valence-corrected chi connectivity index (χ4v) is 4.20. The molecule has 0 aliphatic carbocycles. The fraction of sp³-hybridized carbons (Fsp3) is 0.200. The number of rotatable bonds is 2. The van der Waals surface area contributed by atoms with E-state index in [1.54, 1.807) is 23.1 Å². The van der Waals surface area contributed by atoms with Crippen LogP contribution in [-0.4, -0.2) is 6.26 Å². The van der Waals surface area contributed by atoms with Crippen LogP contribution in [-0.2, 0) is 5.88 Å². The SMILES string of the molecule is CSc1cc(CCl)c2ccsc2c1Br. The van der Waals surface area contributed by atoms with Crippen molar-refractivity contribution >= 4 is 60.7 Å². The zero-order valence-electron chi connectivity index (χ0n) is 7.51. The summed E-state index contributed by atoms with van der Waals surface area (Å²) in [5.74, 6) is 0.577. The molecule has 4 heteroatoms. The van der Waals surface area contributed by atoms with Crippen LogP contribution < -0.4 is 0 Å². The van der Waals surface area contributed by atoms with Gasteiger partial charge >= 0.3 is 0 Å².